The highest BCUT2D eigenvalue weighted by Gasteiger charge is 2.01. The SMILES string of the molecule is ClCCc1cnc(Cl)nc1Cl. The Kier molecular flexibility index (Phi) is 3.37. The third kappa shape index (κ3) is 2.47. The monoisotopic (exact) mass is 210 g/mol. The summed E-state index contributed by atoms with van der Waals surface area (Å²) >= 11 is 16.7. The zero-order valence-corrected chi connectivity index (χ0v) is 7.79. The molecule has 2 nitrogen and oxygen atoms in total. The average molecular weight is 211 g/mol. The molecular formula is C6H5Cl3N2. The van der Waals surface area contributed by atoms with Crippen molar-refractivity contribution in [2.24, 2.45) is 0 Å². The van der Waals surface area contributed by atoms with E-state index in [1.807, 2.05) is 0 Å². The van der Waals surface area contributed by atoms with Crippen LogP contribution in [0.5, 0.6) is 0 Å². The molecule has 60 valence electrons. The van der Waals surface area contributed by atoms with Gasteiger partial charge in [-0.15, -0.1) is 11.6 Å². The van der Waals surface area contributed by atoms with E-state index in [0.29, 0.717) is 17.5 Å². The Bertz CT molecular complexity index is 252. The van der Waals surface area contributed by atoms with Gasteiger partial charge in [-0.05, 0) is 18.0 Å². The van der Waals surface area contributed by atoms with Crippen molar-refractivity contribution in [3.63, 3.8) is 0 Å². The zero-order chi connectivity index (χ0) is 8.27. The lowest BCUT2D eigenvalue weighted by atomic mass is 10.3. The van der Waals surface area contributed by atoms with Crippen LogP contribution in [0.25, 0.3) is 0 Å². The maximum Gasteiger partial charge on any atom is 0.223 e. The molecule has 0 aliphatic carbocycles. The van der Waals surface area contributed by atoms with E-state index in [1.165, 1.54) is 0 Å². The second-order valence-electron chi connectivity index (χ2n) is 1.89. The number of nitrogens with zero attached hydrogens (tertiary/aromatic N) is 2. The molecule has 0 radical (unpaired) electrons. The first-order valence-corrected chi connectivity index (χ1v) is 4.26. The molecule has 0 amide bonds. The summed E-state index contributed by atoms with van der Waals surface area (Å²) in [4.78, 5) is 7.52. The Morgan fingerprint density at radius 3 is 2.64 bits per heavy atom. The van der Waals surface area contributed by atoms with Crippen molar-refractivity contribution in [2.75, 3.05) is 5.88 Å². The van der Waals surface area contributed by atoms with Crippen LogP contribution in [0.4, 0.5) is 0 Å². The molecule has 5 heteroatoms. The van der Waals surface area contributed by atoms with Gasteiger partial charge in [0.2, 0.25) is 5.28 Å². The minimum atomic E-state index is 0.160. The van der Waals surface area contributed by atoms with Crippen molar-refractivity contribution >= 4 is 34.8 Å². The van der Waals surface area contributed by atoms with Crippen molar-refractivity contribution in [3.8, 4) is 0 Å². The van der Waals surface area contributed by atoms with E-state index < -0.39 is 0 Å². The lowest BCUT2D eigenvalue weighted by Gasteiger charge is -1.98. The molecule has 0 saturated carbocycles. The zero-order valence-electron chi connectivity index (χ0n) is 5.52. The Morgan fingerprint density at radius 2 is 2.09 bits per heavy atom. The van der Waals surface area contributed by atoms with Crippen LogP contribution in [-0.4, -0.2) is 15.8 Å². The lowest BCUT2D eigenvalue weighted by molar-refractivity contribution is 1.05. The Hall–Kier alpha value is -0.0500. The summed E-state index contributed by atoms with van der Waals surface area (Å²) in [6, 6.07) is 0. The summed E-state index contributed by atoms with van der Waals surface area (Å²) in [6.45, 7) is 0. The molecule has 0 bridgehead atoms. The van der Waals surface area contributed by atoms with Gasteiger partial charge in [0, 0.05) is 17.6 Å². The number of aromatic nitrogens is 2. The highest BCUT2D eigenvalue weighted by Crippen LogP contribution is 2.14. The summed E-state index contributed by atoms with van der Waals surface area (Å²) in [7, 11) is 0. The van der Waals surface area contributed by atoms with Crippen LogP contribution in [0.1, 0.15) is 5.56 Å². The number of hydrogen-bond donors (Lipinski definition) is 0. The van der Waals surface area contributed by atoms with E-state index in [0.717, 1.165) is 5.56 Å². The number of rotatable bonds is 2. The molecule has 0 fully saturated rings. The molecule has 0 aliphatic rings. The lowest BCUT2D eigenvalue weighted by Crippen LogP contribution is -1.92. The van der Waals surface area contributed by atoms with Gasteiger partial charge >= 0.3 is 0 Å². The summed E-state index contributed by atoms with van der Waals surface area (Å²) in [5.41, 5.74) is 0.825. The van der Waals surface area contributed by atoms with E-state index in [-0.39, 0.29) is 5.28 Å². The molecule has 0 unspecified atom stereocenters. The summed E-state index contributed by atoms with van der Waals surface area (Å²) < 4.78 is 0. The highest BCUT2D eigenvalue weighted by molar-refractivity contribution is 6.32. The molecule has 1 heterocycles. The van der Waals surface area contributed by atoms with Gasteiger partial charge in [-0.1, -0.05) is 11.6 Å². The topological polar surface area (TPSA) is 25.8 Å². The van der Waals surface area contributed by atoms with E-state index in [2.05, 4.69) is 9.97 Å². The summed E-state index contributed by atoms with van der Waals surface area (Å²) in [6.07, 6.45) is 2.25. The standard InChI is InChI=1S/C6H5Cl3N2/c7-2-1-4-3-10-6(9)11-5(4)8/h3H,1-2H2. The van der Waals surface area contributed by atoms with Gasteiger partial charge in [-0.2, -0.15) is 0 Å². The van der Waals surface area contributed by atoms with E-state index in [9.17, 15) is 0 Å². The van der Waals surface area contributed by atoms with Gasteiger partial charge in [0.05, 0.1) is 0 Å². The predicted octanol–water partition coefficient (Wildman–Crippen LogP) is 2.56. The van der Waals surface area contributed by atoms with Crippen LogP contribution in [0.2, 0.25) is 10.4 Å². The summed E-state index contributed by atoms with van der Waals surface area (Å²) in [5, 5.41) is 0.541. The van der Waals surface area contributed by atoms with E-state index >= 15 is 0 Å². The van der Waals surface area contributed by atoms with Crippen molar-refractivity contribution in [3.05, 3.63) is 22.2 Å². The Balaban J connectivity index is 2.90. The number of alkyl halides is 1. The van der Waals surface area contributed by atoms with Gasteiger partial charge in [-0.25, -0.2) is 9.97 Å². The second kappa shape index (κ2) is 4.10. The quantitative estimate of drug-likeness (QED) is 0.427. The fourth-order valence-corrected chi connectivity index (χ4v) is 1.24. The van der Waals surface area contributed by atoms with Crippen LogP contribution >= 0.6 is 34.8 Å². The molecule has 1 aromatic rings. The van der Waals surface area contributed by atoms with Gasteiger partial charge in [0.25, 0.3) is 0 Å². The first kappa shape index (κ1) is 9.04. The first-order chi connectivity index (χ1) is 5.24. The molecule has 0 atom stereocenters. The smallest absolute Gasteiger partial charge is 0.223 e. The van der Waals surface area contributed by atoms with Crippen LogP contribution in [0.3, 0.4) is 0 Å². The predicted molar refractivity (Wildman–Crippen MR) is 46.5 cm³/mol. The number of halogens is 3. The van der Waals surface area contributed by atoms with E-state index in [1.54, 1.807) is 6.20 Å². The van der Waals surface area contributed by atoms with Crippen LogP contribution in [0, 0.1) is 0 Å². The summed E-state index contributed by atoms with van der Waals surface area (Å²) in [5.74, 6) is 0.505. The normalized spacial score (nSPS) is 10.1. The molecule has 1 rings (SSSR count). The fraction of sp³-hybridized carbons (Fsp3) is 0.333. The number of hydrogen-bond acceptors (Lipinski definition) is 2. The minimum Gasteiger partial charge on any atom is -0.226 e. The van der Waals surface area contributed by atoms with Crippen molar-refractivity contribution in [2.45, 2.75) is 6.42 Å². The number of aryl methyl sites for hydroxylation is 1. The molecule has 1 aromatic heterocycles. The van der Waals surface area contributed by atoms with Crippen molar-refractivity contribution < 1.29 is 0 Å². The van der Waals surface area contributed by atoms with Crippen molar-refractivity contribution in [1.82, 2.24) is 9.97 Å². The maximum absolute atomic E-state index is 5.71. The Morgan fingerprint density at radius 1 is 1.36 bits per heavy atom. The van der Waals surface area contributed by atoms with Gasteiger partial charge in [-0.3, -0.25) is 0 Å². The first-order valence-electron chi connectivity index (χ1n) is 2.97. The average Bonchev–Trinajstić information content (AvgIpc) is 1.95. The molecule has 0 aromatic carbocycles. The van der Waals surface area contributed by atoms with E-state index in [4.69, 9.17) is 34.8 Å². The third-order valence-electron chi connectivity index (χ3n) is 1.15. The Labute approximate surface area is 79.5 Å². The molecule has 0 aliphatic heterocycles. The molecule has 0 N–H and O–H groups in total. The minimum absolute atomic E-state index is 0.160. The van der Waals surface area contributed by atoms with Crippen LogP contribution < -0.4 is 0 Å². The largest absolute Gasteiger partial charge is 0.226 e. The molecule has 11 heavy (non-hydrogen) atoms. The van der Waals surface area contributed by atoms with Crippen LogP contribution in [0.15, 0.2) is 6.20 Å². The molecule has 0 spiro atoms. The van der Waals surface area contributed by atoms with Crippen molar-refractivity contribution in [1.29, 1.82) is 0 Å². The van der Waals surface area contributed by atoms with Crippen LogP contribution in [-0.2, 0) is 6.42 Å². The second-order valence-corrected chi connectivity index (χ2v) is 2.97. The molecular weight excluding hydrogens is 206 g/mol. The van der Waals surface area contributed by atoms with Gasteiger partial charge in [0.1, 0.15) is 5.15 Å². The van der Waals surface area contributed by atoms with Gasteiger partial charge in [0.15, 0.2) is 0 Å². The van der Waals surface area contributed by atoms with Gasteiger partial charge < -0.3 is 0 Å². The highest BCUT2D eigenvalue weighted by atomic mass is 35.5. The third-order valence-corrected chi connectivity index (χ3v) is 1.84. The molecule has 0 saturated heterocycles. The fourth-order valence-electron chi connectivity index (χ4n) is 0.636. The maximum atomic E-state index is 5.71.